The van der Waals surface area contributed by atoms with Gasteiger partial charge in [0.1, 0.15) is 17.1 Å². The van der Waals surface area contributed by atoms with E-state index in [4.69, 9.17) is 11.5 Å². The number of nitrogens with two attached hydrogens (primary N) is 2. The number of H-pyrrole nitrogens is 3. The lowest BCUT2D eigenvalue weighted by atomic mass is 9.99. The molecule has 3 heterocycles. The Morgan fingerprint density at radius 2 is 0.918 bits per heavy atom. The zero-order valence-electron chi connectivity index (χ0n) is 34.6. The molecule has 0 aliphatic heterocycles. The van der Waals surface area contributed by atoms with E-state index in [0.717, 1.165) is 23.6 Å². The molecule has 0 aliphatic rings. The fraction of sp³-hybridized carbons (Fsp3) is 0.318. The number of fused-ring (bicyclic) bond motifs is 3. The van der Waals surface area contributed by atoms with Gasteiger partial charge in [-0.05, 0) is 72.5 Å². The maximum absolute atomic E-state index is 13.3. The summed E-state index contributed by atoms with van der Waals surface area (Å²) in [5, 5.41) is 19.0. The van der Waals surface area contributed by atoms with Crippen molar-refractivity contribution in [3.8, 4) is 0 Å². The number of amides is 6. The number of benzene rings is 3. The van der Waals surface area contributed by atoms with Gasteiger partial charge in [-0.15, -0.1) is 0 Å². The minimum absolute atomic E-state index is 0.0501. The molecule has 0 saturated carbocycles. The molecule has 6 rings (SSSR count). The quantitative estimate of drug-likeness (QED) is 0.0561. The van der Waals surface area contributed by atoms with E-state index in [0.29, 0.717) is 50.3 Å². The third kappa shape index (κ3) is 10.6. The van der Waals surface area contributed by atoms with E-state index in [1.807, 2.05) is 27.7 Å². The molecule has 3 aromatic heterocycles. The predicted molar refractivity (Wildman–Crippen MR) is 236 cm³/mol. The lowest BCUT2D eigenvalue weighted by Gasteiger charge is -2.17. The Morgan fingerprint density at radius 1 is 0.492 bits per heavy atom. The fourth-order valence-electron chi connectivity index (χ4n) is 6.63. The van der Waals surface area contributed by atoms with Crippen molar-refractivity contribution in [1.82, 2.24) is 36.2 Å². The van der Waals surface area contributed by atoms with Crippen LogP contribution in [-0.2, 0) is 9.59 Å². The van der Waals surface area contributed by atoms with Crippen LogP contribution in [-0.4, -0.2) is 88.7 Å². The van der Waals surface area contributed by atoms with E-state index >= 15 is 0 Å². The van der Waals surface area contributed by atoms with E-state index in [-0.39, 0.29) is 73.2 Å². The summed E-state index contributed by atoms with van der Waals surface area (Å²) in [4.78, 5) is 85.8. The Hall–Kier alpha value is -6.98. The topological polar surface area (TPSA) is 274 Å². The predicted octanol–water partition coefficient (Wildman–Crippen LogP) is 4.07. The van der Waals surface area contributed by atoms with Gasteiger partial charge in [-0.3, -0.25) is 28.8 Å². The van der Waals surface area contributed by atoms with Crippen molar-refractivity contribution in [3.05, 3.63) is 95.4 Å². The van der Waals surface area contributed by atoms with Gasteiger partial charge in [-0.2, -0.15) is 0 Å². The van der Waals surface area contributed by atoms with Gasteiger partial charge in [0.25, 0.3) is 23.6 Å². The first-order valence-corrected chi connectivity index (χ1v) is 20.4. The first kappa shape index (κ1) is 43.6. The zero-order chi connectivity index (χ0) is 43.8. The number of aromatic amines is 3. The summed E-state index contributed by atoms with van der Waals surface area (Å²) in [7, 11) is 0. The number of anilines is 2. The summed E-state index contributed by atoms with van der Waals surface area (Å²) in [6, 6.07) is 19.4. The Morgan fingerprint density at radius 3 is 1.41 bits per heavy atom. The molecule has 13 N–H and O–H groups in total. The van der Waals surface area contributed by atoms with Crippen molar-refractivity contribution in [2.24, 2.45) is 23.3 Å². The van der Waals surface area contributed by atoms with Gasteiger partial charge < -0.3 is 58.3 Å². The lowest BCUT2D eigenvalue weighted by molar-refractivity contribution is -0.124. The number of hydrogen-bond donors (Lipinski definition) is 11. The molecular formula is C44H53N11O6. The Kier molecular flexibility index (Phi) is 13.9. The number of rotatable bonds is 18. The second kappa shape index (κ2) is 19.4. The average molecular weight is 832 g/mol. The van der Waals surface area contributed by atoms with Gasteiger partial charge in [0.2, 0.25) is 11.8 Å². The average Bonchev–Trinajstić information content (AvgIpc) is 4.01. The van der Waals surface area contributed by atoms with Gasteiger partial charge in [-0.1, -0.05) is 52.7 Å². The van der Waals surface area contributed by atoms with Crippen molar-refractivity contribution in [1.29, 1.82) is 0 Å². The first-order valence-electron chi connectivity index (χ1n) is 20.4. The monoisotopic (exact) mass is 831 g/mol. The highest BCUT2D eigenvalue weighted by atomic mass is 16.2. The van der Waals surface area contributed by atoms with Gasteiger partial charge in [0, 0.05) is 75.8 Å². The number of aromatic nitrogens is 3. The van der Waals surface area contributed by atoms with Crippen molar-refractivity contribution >= 4 is 79.5 Å². The molecule has 17 heteroatoms. The van der Waals surface area contributed by atoms with Gasteiger partial charge in [0.15, 0.2) is 0 Å². The minimum Gasteiger partial charge on any atom is -0.353 e. The van der Waals surface area contributed by atoms with Crippen LogP contribution in [0.2, 0.25) is 0 Å². The Balaban J connectivity index is 1.01. The van der Waals surface area contributed by atoms with Crippen LogP contribution in [0.1, 0.15) is 82.4 Å². The molecule has 0 radical (unpaired) electrons. The van der Waals surface area contributed by atoms with Gasteiger partial charge in [-0.25, -0.2) is 0 Å². The first-order chi connectivity index (χ1) is 29.2. The molecule has 0 bridgehead atoms. The largest absolute Gasteiger partial charge is 0.353 e. The van der Waals surface area contributed by atoms with Crippen LogP contribution >= 0.6 is 0 Å². The van der Waals surface area contributed by atoms with Crippen molar-refractivity contribution in [2.75, 3.05) is 36.8 Å². The van der Waals surface area contributed by atoms with Crippen LogP contribution in [0.3, 0.4) is 0 Å². The fourth-order valence-corrected chi connectivity index (χ4v) is 6.63. The van der Waals surface area contributed by atoms with E-state index in [9.17, 15) is 28.8 Å². The van der Waals surface area contributed by atoms with Crippen LogP contribution < -0.4 is 43.4 Å². The molecule has 3 aromatic carbocycles. The van der Waals surface area contributed by atoms with Crippen LogP contribution in [0.15, 0.2) is 72.8 Å². The van der Waals surface area contributed by atoms with Crippen molar-refractivity contribution < 1.29 is 28.8 Å². The number of carbonyl (C=O) groups is 6. The van der Waals surface area contributed by atoms with E-state index < -0.39 is 18.0 Å². The second-order valence-corrected chi connectivity index (χ2v) is 15.3. The highest BCUT2D eigenvalue weighted by Gasteiger charge is 2.21. The summed E-state index contributed by atoms with van der Waals surface area (Å²) in [5.74, 6) is -1.86. The van der Waals surface area contributed by atoms with E-state index in [1.54, 1.807) is 72.8 Å². The SMILES string of the molecule is CCC(C)[C@H](N)C(=O)NCCNC(=O)c1cc2ccc(NC(=O)c3ccc4[nH]c(C(=O)Nc5ccc6cc(C(=O)NCCNC(=O)[C@@H](N)C(C)CC)[nH]c6c5)cc4c3)cc2[nH]1. The number of hydrogen-bond acceptors (Lipinski definition) is 8. The Labute approximate surface area is 351 Å². The molecule has 0 aliphatic carbocycles. The zero-order valence-corrected chi connectivity index (χ0v) is 34.6. The summed E-state index contributed by atoms with van der Waals surface area (Å²) in [5.41, 5.74) is 16.2. The maximum Gasteiger partial charge on any atom is 0.272 e. The highest BCUT2D eigenvalue weighted by Crippen LogP contribution is 2.24. The molecule has 2 unspecified atom stereocenters. The highest BCUT2D eigenvalue weighted by molar-refractivity contribution is 6.10. The van der Waals surface area contributed by atoms with Gasteiger partial charge >= 0.3 is 0 Å². The van der Waals surface area contributed by atoms with Crippen molar-refractivity contribution in [3.63, 3.8) is 0 Å². The maximum atomic E-state index is 13.3. The standard InChI is InChI=1S/C44H53N11O6/c1-5-23(3)37(45)43(60)49-15-13-47-40(57)34-18-25-7-10-29(21-32(25)54-34)51-39(56)27-9-12-31-28(17-27)20-36(53-31)42(59)52-30-11-8-26-19-35(55-33(26)22-30)41(58)48-14-16-50-44(61)38(46)24(4)6-2/h7-12,17-24,37-38,53-55H,5-6,13-16,45-46H2,1-4H3,(H,47,57)(H,48,58)(H,49,60)(H,50,61)(H,51,56)(H,52,59)/t23?,24?,37-,38-/m0/s1. The third-order valence-electron chi connectivity index (χ3n) is 10.9. The lowest BCUT2D eigenvalue weighted by Crippen LogP contribution is -2.46. The summed E-state index contributed by atoms with van der Waals surface area (Å²) in [6.07, 6.45) is 1.57. The summed E-state index contributed by atoms with van der Waals surface area (Å²) in [6.45, 7) is 8.70. The molecule has 61 heavy (non-hydrogen) atoms. The number of carbonyl (C=O) groups excluding carboxylic acids is 6. The molecule has 4 atom stereocenters. The Bertz CT molecular complexity index is 2450. The third-order valence-corrected chi connectivity index (χ3v) is 10.9. The van der Waals surface area contributed by atoms with Gasteiger partial charge in [0.05, 0.1) is 12.1 Å². The minimum atomic E-state index is -0.604. The molecule has 0 saturated heterocycles. The van der Waals surface area contributed by atoms with Crippen LogP contribution in [0.5, 0.6) is 0 Å². The molecule has 6 aromatic rings. The molecule has 320 valence electrons. The molecule has 0 spiro atoms. The van der Waals surface area contributed by atoms with E-state index in [1.165, 1.54) is 0 Å². The second-order valence-electron chi connectivity index (χ2n) is 15.3. The molecular weight excluding hydrogens is 779 g/mol. The molecule has 6 amide bonds. The smallest absolute Gasteiger partial charge is 0.272 e. The normalized spacial score (nSPS) is 13.3. The summed E-state index contributed by atoms with van der Waals surface area (Å²) < 4.78 is 0. The van der Waals surface area contributed by atoms with Crippen LogP contribution in [0.25, 0.3) is 32.7 Å². The van der Waals surface area contributed by atoms with Crippen LogP contribution in [0, 0.1) is 11.8 Å². The summed E-state index contributed by atoms with van der Waals surface area (Å²) >= 11 is 0. The van der Waals surface area contributed by atoms with E-state index in [2.05, 4.69) is 46.9 Å². The van der Waals surface area contributed by atoms with Crippen molar-refractivity contribution in [2.45, 2.75) is 52.6 Å². The number of nitrogens with one attached hydrogen (secondary N) is 9. The molecule has 17 nitrogen and oxygen atoms in total. The molecule has 0 fully saturated rings. The van der Waals surface area contributed by atoms with Crippen LogP contribution in [0.4, 0.5) is 11.4 Å².